The summed E-state index contributed by atoms with van der Waals surface area (Å²) in [5, 5.41) is 21.1. The minimum atomic E-state index is -0.268. The van der Waals surface area contributed by atoms with Gasteiger partial charge in [-0.1, -0.05) is 18.5 Å². The fraction of sp³-hybridized carbons (Fsp3) is 0.600. The topological polar surface area (TPSA) is 52.5 Å². The molecule has 0 aliphatic carbocycles. The second kappa shape index (κ2) is 6.45. The summed E-state index contributed by atoms with van der Waals surface area (Å²) in [5.74, 6) is 0. The molecule has 0 aromatic carbocycles. The van der Waals surface area contributed by atoms with Gasteiger partial charge in [-0.3, -0.25) is 0 Å². The molecule has 3 nitrogen and oxygen atoms in total. The van der Waals surface area contributed by atoms with Crippen LogP contribution in [0.4, 0.5) is 0 Å². The van der Waals surface area contributed by atoms with Gasteiger partial charge < -0.3 is 15.5 Å². The Kier molecular flexibility index (Phi) is 5.56. The Bertz CT molecular complexity index is 289. The molecular weight excluding hydrogens is 234 g/mol. The minimum absolute atomic E-state index is 0.0634. The van der Waals surface area contributed by atoms with Crippen molar-refractivity contribution >= 4 is 22.9 Å². The second-order valence-electron chi connectivity index (χ2n) is 3.33. The quantitative estimate of drug-likeness (QED) is 0.721. The van der Waals surface area contributed by atoms with Crippen LogP contribution in [-0.4, -0.2) is 29.5 Å². The van der Waals surface area contributed by atoms with Crippen molar-refractivity contribution in [1.29, 1.82) is 0 Å². The van der Waals surface area contributed by atoms with Crippen LogP contribution in [0.1, 0.15) is 24.3 Å². The van der Waals surface area contributed by atoms with Crippen molar-refractivity contribution in [2.45, 2.75) is 25.4 Å². The van der Waals surface area contributed by atoms with Gasteiger partial charge in [0.15, 0.2) is 0 Å². The highest BCUT2D eigenvalue weighted by Gasteiger charge is 2.15. The van der Waals surface area contributed by atoms with Crippen LogP contribution in [-0.2, 0) is 0 Å². The molecule has 86 valence electrons. The standard InChI is InChI=1S/C10H16ClNO2S/c1-2-8(12-7(5-13)6-14)9-3-4-10(11)15-9/h3-4,7-8,12-14H,2,5-6H2,1H3. The molecule has 0 amide bonds. The smallest absolute Gasteiger partial charge is 0.0931 e. The Hall–Kier alpha value is -0.130. The predicted molar refractivity (Wildman–Crippen MR) is 63.5 cm³/mol. The first-order chi connectivity index (χ1) is 7.21. The zero-order valence-electron chi connectivity index (χ0n) is 8.61. The second-order valence-corrected chi connectivity index (χ2v) is 5.08. The van der Waals surface area contributed by atoms with Crippen LogP contribution < -0.4 is 5.32 Å². The summed E-state index contributed by atoms with van der Waals surface area (Å²) in [6.45, 7) is 1.93. The Morgan fingerprint density at radius 2 is 2.07 bits per heavy atom. The van der Waals surface area contributed by atoms with E-state index < -0.39 is 0 Å². The highest BCUT2D eigenvalue weighted by atomic mass is 35.5. The third kappa shape index (κ3) is 3.74. The Morgan fingerprint density at radius 1 is 1.40 bits per heavy atom. The zero-order valence-corrected chi connectivity index (χ0v) is 10.2. The summed E-state index contributed by atoms with van der Waals surface area (Å²) in [6, 6.07) is 3.71. The summed E-state index contributed by atoms with van der Waals surface area (Å²) < 4.78 is 0.759. The molecule has 5 heteroatoms. The van der Waals surface area contributed by atoms with E-state index in [1.165, 1.54) is 11.3 Å². The summed E-state index contributed by atoms with van der Waals surface area (Å²) in [7, 11) is 0. The molecule has 3 N–H and O–H groups in total. The van der Waals surface area contributed by atoms with Gasteiger partial charge in [0.2, 0.25) is 0 Å². The van der Waals surface area contributed by atoms with Gasteiger partial charge in [0.05, 0.1) is 23.6 Å². The fourth-order valence-corrected chi connectivity index (χ4v) is 2.57. The van der Waals surface area contributed by atoms with Gasteiger partial charge in [-0.05, 0) is 18.6 Å². The van der Waals surface area contributed by atoms with Gasteiger partial charge in [0, 0.05) is 10.9 Å². The molecule has 1 unspecified atom stereocenters. The van der Waals surface area contributed by atoms with Crippen molar-refractivity contribution in [3.63, 3.8) is 0 Å². The van der Waals surface area contributed by atoms with Crippen molar-refractivity contribution in [1.82, 2.24) is 5.32 Å². The van der Waals surface area contributed by atoms with Gasteiger partial charge >= 0.3 is 0 Å². The zero-order chi connectivity index (χ0) is 11.3. The maximum atomic E-state index is 8.98. The molecule has 0 saturated heterocycles. The van der Waals surface area contributed by atoms with E-state index in [9.17, 15) is 0 Å². The molecule has 1 aromatic rings. The SMILES string of the molecule is CCC(NC(CO)CO)c1ccc(Cl)s1. The van der Waals surface area contributed by atoms with Crippen LogP contribution in [0, 0.1) is 0 Å². The number of thiophene rings is 1. The Morgan fingerprint density at radius 3 is 2.47 bits per heavy atom. The molecule has 0 fully saturated rings. The molecule has 0 aliphatic heterocycles. The number of aliphatic hydroxyl groups excluding tert-OH is 2. The van der Waals surface area contributed by atoms with Gasteiger partial charge in [0.1, 0.15) is 0 Å². The van der Waals surface area contributed by atoms with E-state index in [4.69, 9.17) is 21.8 Å². The lowest BCUT2D eigenvalue weighted by atomic mass is 10.1. The van der Waals surface area contributed by atoms with Crippen molar-refractivity contribution in [3.05, 3.63) is 21.3 Å². The molecule has 0 saturated carbocycles. The van der Waals surface area contributed by atoms with Crippen molar-refractivity contribution in [3.8, 4) is 0 Å². The molecule has 0 aliphatic rings. The molecule has 1 rings (SSSR count). The third-order valence-corrected chi connectivity index (χ3v) is 3.57. The maximum absolute atomic E-state index is 8.98. The Labute approximate surface area is 98.7 Å². The van der Waals surface area contributed by atoms with Crippen LogP contribution in [0.5, 0.6) is 0 Å². The summed E-state index contributed by atoms with van der Waals surface area (Å²) in [6.07, 6.45) is 0.896. The minimum Gasteiger partial charge on any atom is -0.395 e. The van der Waals surface area contributed by atoms with Gasteiger partial charge in [-0.2, -0.15) is 0 Å². The lowest BCUT2D eigenvalue weighted by Crippen LogP contribution is -2.38. The van der Waals surface area contributed by atoms with E-state index >= 15 is 0 Å². The van der Waals surface area contributed by atoms with Crippen molar-refractivity contribution < 1.29 is 10.2 Å². The number of rotatable bonds is 6. The molecule has 0 spiro atoms. The number of hydrogen-bond acceptors (Lipinski definition) is 4. The molecule has 0 radical (unpaired) electrons. The van der Waals surface area contributed by atoms with Gasteiger partial charge in [-0.25, -0.2) is 0 Å². The van der Waals surface area contributed by atoms with Crippen LogP contribution in [0.25, 0.3) is 0 Å². The first kappa shape index (κ1) is 12.9. The maximum Gasteiger partial charge on any atom is 0.0931 e. The van der Waals surface area contributed by atoms with E-state index in [0.717, 1.165) is 15.6 Å². The van der Waals surface area contributed by atoms with Gasteiger partial charge in [0.25, 0.3) is 0 Å². The van der Waals surface area contributed by atoms with Crippen LogP contribution in [0.3, 0.4) is 0 Å². The van der Waals surface area contributed by atoms with E-state index in [2.05, 4.69) is 12.2 Å². The monoisotopic (exact) mass is 249 g/mol. The summed E-state index contributed by atoms with van der Waals surface area (Å²) in [4.78, 5) is 1.13. The number of nitrogens with one attached hydrogen (secondary N) is 1. The van der Waals surface area contributed by atoms with Crippen LogP contribution in [0.2, 0.25) is 4.34 Å². The molecule has 0 bridgehead atoms. The Balaban J connectivity index is 2.63. The first-order valence-corrected chi connectivity index (χ1v) is 6.13. The lowest BCUT2D eigenvalue weighted by Gasteiger charge is -2.21. The number of halogens is 1. The molecule has 1 aromatic heterocycles. The molecule has 1 heterocycles. The average Bonchev–Trinajstić information content (AvgIpc) is 2.67. The van der Waals surface area contributed by atoms with Crippen LogP contribution >= 0.6 is 22.9 Å². The predicted octanol–water partition coefficient (Wildman–Crippen LogP) is 1.80. The van der Waals surface area contributed by atoms with Gasteiger partial charge in [-0.15, -0.1) is 11.3 Å². The highest BCUT2D eigenvalue weighted by Crippen LogP contribution is 2.28. The van der Waals surface area contributed by atoms with Crippen molar-refractivity contribution in [2.75, 3.05) is 13.2 Å². The fourth-order valence-electron chi connectivity index (χ4n) is 1.36. The normalized spacial score (nSPS) is 13.4. The van der Waals surface area contributed by atoms with E-state index in [-0.39, 0.29) is 25.3 Å². The molecule has 1 atom stereocenters. The average molecular weight is 250 g/mol. The number of hydrogen-bond donors (Lipinski definition) is 3. The lowest BCUT2D eigenvalue weighted by molar-refractivity contribution is 0.161. The van der Waals surface area contributed by atoms with E-state index in [1.807, 2.05) is 12.1 Å². The summed E-state index contributed by atoms with van der Waals surface area (Å²) in [5.41, 5.74) is 0. The molecule has 15 heavy (non-hydrogen) atoms. The van der Waals surface area contributed by atoms with E-state index in [1.54, 1.807) is 0 Å². The third-order valence-electron chi connectivity index (χ3n) is 2.22. The van der Waals surface area contributed by atoms with E-state index in [0.29, 0.717) is 0 Å². The van der Waals surface area contributed by atoms with Crippen LogP contribution in [0.15, 0.2) is 12.1 Å². The highest BCUT2D eigenvalue weighted by molar-refractivity contribution is 7.16. The molecular formula is C10H16ClNO2S. The largest absolute Gasteiger partial charge is 0.395 e. The first-order valence-electron chi connectivity index (χ1n) is 4.94. The van der Waals surface area contributed by atoms with Crippen molar-refractivity contribution in [2.24, 2.45) is 0 Å². The number of aliphatic hydroxyl groups is 2. The summed E-state index contributed by atoms with van der Waals surface area (Å²) >= 11 is 7.38.